The molecule has 0 saturated carbocycles. The molecule has 1 unspecified atom stereocenters. The van der Waals surface area contributed by atoms with Crippen LogP contribution < -0.4 is 5.32 Å². The molecule has 94 valence electrons. The van der Waals surface area contributed by atoms with Crippen molar-refractivity contribution in [3.63, 3.8) is 0 Å². The van der Waals surface area contributed by atoms with Crippen molar-refractivity contribution in [2.24, 2.45) is 5.92 Å². The number of amides is 1. The number of pyridine rings is 1. The van der Waals surface area contributed by atoms with Gasteiger partial charge in [-0.05, 0) is 18.1 Å². The van der Waals surface area contributed by atoms with Gasteiger partial charge in [-0.15, -0.1) is 0 Å². The normalized spacial score (nSPS) is 12.3. The Bertz CT molecular complexity index is 549. The highest BCUT2D eigenvalue weighted by atomic mass is 16.3. The van der Waals surface area contributed by atoms with E-state index in [-0.39, 0.29) is 18.4 Å². The first-order valence-electron chi connectivity index (χ1n) is 5.95. The van der Waals surface area contributed by atoms with Crippen LogP contribution >= 0.6 is 0 Å². The number of hydrogen-bond donors (Lipinski definition) is 2. The predicted molar refractivity (Wildman–Crippen MR) is 70.3 cm³/mol. The molecule has 0 radical (unpaired) electrons. The summed E-state index contributed by atoms with van der Waals surface area (Å²) in [7, 11) is 0. The van der Waals surface area contributed by atoms with Crippen molar-refractivity contribution in [1.29, 1.82) is 0 Å². The average molecular weight is 244 g/mol. The maximum Gasteiger partial charge on any atom is 0.253 e. The Hall–Kier alpha value is -1.94. The van der Waals surface area contributed by atoms with Crippen LogP contribution in [0.5, 0.6) is 0 Å². The minimum absolute atomic E-state index is 0.0527. The second-order valence-corrected chi connectivity index (χ2v) is 4.38. The molecule has 0 saturated heterocycles. The van der Waals surface area contributed by atoms with Gasteiger partial charge < -0.3 is 10.4 Å². The van der Waals surface area contributed by atoms with E-state index in [9.17, 15) is 4.79 Å². The smallest absolute Gasteiger partial charge is 0.253 e. The van der Waals surface area contributed by atoms with Crippen LogP contribution in [-0.2, 0) is 0 Å². The molecular formula is C14H16N2O2. The van der Waals surface area contributed by atoms with Crippen LogP contribution in [0.4, 0.5) is 0 Å². The molecule has 2 N–H and O–H groups in total. The van der Waals surface area contributed by atoms with E-state index in [4.69, 9.17) is 5.11 Å². The van der Waals surface area contributed by atoms with Gasteiger partial charge in [-0.1, -0.05) is 25.1 Å². The topological polar surface area (TPSA) is 62.2 Å². The first-order valence-corrected chi connectivity index (χ1v) is 5.95. The zero-order chi connectivity index (χ0) is 13.0. The Kier molecular flexibility index (Phi) is 3.89. The van der Waals surface area contributed by atoms with Crippen molar-refractivity contribution in [2.75, 3.05) is 13.2 Å². The monoisotopic (exact) mass is 244 g/mol. The van der Waals surface area contributed by atoms with Gasteiger partial charge in [0, 0.05) is 24.7 Å². The van der Waals surface area contributed by atoms with Crippen LogP contribution in [0.3, 0.4) is 0 Å². The van der Waals surface area contributed by atoms with Crippen molar-refractivity contribution in [2.45, 2.75) is 6.92 Å². The van der Waals surface area contributed by atoms with Gasteiger partial charge in [0.05, 0.1) is 11.1 Å². The van der Waals surface area contributed by atoms with Crippen LogP contribution in [0.15, 0.2) is 36.5 Å². The fraction of sp³-hybridized carbons (Fsp3) is 0.286. The molecule has 0 fully saturated rings. The highest BCUT2D eigenvalue weighted by molar-refractivity contribution is 6.05. The molecule has 1 atom stereocenters. The number of benzene rings is 1. The quantitative estimate of drug-likeness (QED) is 0.858. The number of fused-ring (bicyclic) bond motifs is 1. The highest BCUT2D eigenvalue weighted by Crippen LogP contribution is 2.15. The number of rotatable bonds is 4. The van der Waals surface area contributed by atoms with Gasteiger partial charge in [0.2, 0.25) is 0 Å². The van der Waals surface area contributed by atoms with Crippen molar-refractivity contribution >= 4 is 16.8 Å². The Labute approximate surface area is 106 Å². The summed E-state index contributed by atoms with van der Waals surface area (Å²) in [4.78, 5) is 16.3. The number of hydrogen-bond acceptors (Lipinski definition) is 3. The minimum Gasteiger partial charge on any atom is -0.396 e. The van der Waals surface area contributed by atoms with Gasteiger partial charge in [0.25, 0.3) is 5.91 Å². The molecule has 0 aliphatic carbocycles. The van der Waals surface area contributed by atoms with Gasteiger partial charge in [0.15, 0.2) is 0 Å². The van der Waals surface area contributed by atoms with Gasteiger partial charge in [-0.25, -0.2) is 0 Å². The molecule has 2 rings (SSSR count). The molecule has 1 heterocycles. The molecule has 0 spiro atoms. The Morgan fingerprint density at radius 1 is 1.39 bits per heavy atom. The van der Waals surface area contributed by atoms with Gasteiger partial charge in [-0.2, -0.15) is 0 Å². The maximum absolute atomic E-state index is 12.0. The molecule has 1 aromatic carbocycles. The zero-order valence-electron chi connectivity index (χ0n) is 10.3. The Morgan fingerprint density at radius 2 is 2.17 bits per heavy atom. The molecular weight excluding hydrogens is 228 g/mol. The van der Waals surface area contributed by atoms with E-state index >= 15 is 0 Å². The summed E-state index contributed by atoms with van der Waals surface area (Å²) >= 11 is 0. The number of para-hydroxylation sites is 1. The summed E-state index contributed by atoms with van der Waals surface area (Å²) in [5, 5.41) is 12.7. The summed E-state index contributed by atoms with van der Waals surface area (Å²) < 4.78 is 0. The number of nitrogens with zero attached hydrogens (tertiary/aromatic N) is 1. The molecule has 0 aliphatic rings. The third kappa shape index (κ3) is 2.65. The summed E-state index contributed by atoms with van der Waals surface area (Å²) in [5.74, 6) is -0.100. The van der Waals surface area contributed by atoms with E-state index < -0.39 is 0 Å². The second kappa shape index (κ2) is 5.60. The standard InChI is InChI=1S/C14H16N2O2/c1-10(9-17)8-16-14(18)12-6-2-4-11-5-3-7-15-13(11)12/h2-7,10,17H,8-9H2,1H3,(H,16,18). The predicted octanol–water partition coefficient (Wildman–Crippen LogP) is 1.59. The number of carbonyl (C=O) groups excluding carboxylic acids is 1. The number of aromatic nitrogens is 1. The fourth-order valence-electron chi connectivity index (χ4n) is 1.71. The number of nitrogens with one attached hydrogen (secondary N) is 1. The molecule has 4 heteroatoms. The first kappa shape index (κ1) is 12.5. The maximum atomic E-state index is 12.0. The number of aliphatic hydroxyl groups excluding tert-OH is 1. The van der Waals surface area contributed by atoms with Gasteiger partial charge >= 0.3 is 0 Å². The molecule has 18 heavy (non-hydrogen) atoms. The summed E-state index contributed by atoms with van der Waals surface area (Å²) in [6, 6.07) is 9.30. The van der Waals surface area contributed by atoms with E-state index in [0.29, 0.717) is 17.6 Å². The first-order chi connectivity index (χ1) is 8.72. The molecule has 4 nitrogen and oxygen atoms in total. The number of aliphatic hydroxyl groups is 1. The summed E-state index contributed by atoms with van der Waals surface area (Å²) in [6.45, 7) is 2.40. The van der Waals surface area contributed by atoms with Crippen molar-refractivity contribution in [3.8, 4) is 0 Å². The van der Waals surface area contributed by atoms with E-state index in [1.165, 1.54) is 0 Å². The lowest BCUT2D eigenvalue weighted by Crippen LogP contribution is -2.29. The van der Waals surface area contributed by atoms with Crippen molar-refractivity contribution in [3.05, 3.63) is 42.1 Å². The number of carbonyl (C=O) groups is 1. The lowest BCUT2D eigenvalue weighted by atomic mass is 10.1. The molecule has 0 bridgehead atoms. The summed E-state index contributed by atoms with van der Waals surface area (Å²) in [5.41, 5.74) is 1.27. The average Bonchev–Trinajstić information content (AvgIpc) is 2.43. The molecule has 1 aromatic heterocycles. The Morgan fingerprint density at radius 3 is 2.94 bits per heavy atom. The van der Waals surface area contributed by atoms with Crippen LogP contribution in [0.2, 0.25) is 0 Å². The third-order valence-electron chi connectivity index (χ3n) is 2.80. The third-order valence-corrected chi connectivity index (χ3v) is 2.80. The van der Waals surface area contributed by atoms with Crippen LogP contribution in [0.25, 0.3) is 10.9 Å². The van der Waals surface area contributed by atoms with Gasteiger partial charge in [0.1, 0.15) is 0 Å². The van der Waals surface area contributed by atoms with E-state index in [1.54, 1.807) is 12.3 Å². The SMILES string of the molecule is CC(CO)CNC(=O)c1cccc2cccnc12. The van der Waals surface area contributed by atoms with Crippen molar-refractivity contribution < 1.29 is 9.90 Å². The Balaban J connectivity index is 2.22. The van der Waals surface area contributed by atoms with Crippen LogP contribution in [0.1, 0.15) is 17.3 Å². The van der Waals surface area contributed by atoms with Crippen LogP contribution in [-0.4, -0.2) is 29.1 Å². The highest BCUT2D eigenvalue weighted by Gasteiger charge is 2.11. The molecule has 0 aliphatic heterocycles. The lowest BCUT2D eigenvalue weighted by Gasteiger charge is -2.10. The summed E-state index contributed by atoms with van der Waals surface area (Å²) in [6.07, 6.45) is 1.68. The van der Waals surface area contributed by atoms with Crippen molar-refractivity contribution in [1.82, 2.24) is 10.3 Å². The van der Waals surface area contributed by atoms with E-state index in [1.807, 2.05) is 31.2 Å². The van der Waals surface area contributed by atoms with E-state index in [0.717, 1.165) is 5.39 Å². The molecule has 1 amide bonds. The molecule has 2 aromatic rings. The largest absolute Gasteiger partial charge is 0.396 e. The van der Waals surface area contributed by atoms with Gasteiger partial charge in [-0.3, -0.25) is 9.78 Å². The lowest BCUT2D eigenvalue weighted by molar-refractivity contribution is 0.0944. The second-order valence-electron chi connectivity index (χ2n) is 4.38. The zero-order valence-corrected chi connectivity index (χ0v) is 10.3. The minimum atomic E-state index is -0.153. The van der Waals surface area contributed by atoms with E-state index in [2.05, 4.69) is 10.3 Å². The fourth-order valence-corrected chi connectivity index (χ4v) is 1.71. The van der Waals surface area contributed by atoms with Crippen LogP contribution in [0, 0.1) is 5.92 Å².